The smallest absolute Gasteiger partial charge is 0.121 e. The van der Waals surface area contributed by atoms with E-state index in [1.54, 1.807) is 7.11 Å². The van der Waals surface area contributed by atoms with E-state index in [-0.39, 0.29) is 0 Å². The summed E-state index contributed by atoms with van der Waals surface area (Å²) in [5.41, 5.74) is 2.06. The molecule has 1 aliphatic rings. The van der Waals surface area contributed by atoms with Crippen LogP contribution in [0.4, 0.5) is 5.69 Å². The predicted octanol–water partition coefficient (Wildman–Crippen LogP) is 3.53. The summed E-state index contributed by atoms with van der Waals surface area (Å²) in [5.74, 6) is 0.870. The highest BCUT2D eigenvalue weighted by molar-refractivity contribution is 5.91. The molecule has 22 heavy (non-hydrogen) atoms. The lowest BCUT2D eigenvalue weighted by atomic mass is 10.0. The molecule has 0 radical (unpaired) electrons. The van der Waals surface area contributed by atoms with E-state index >= 15 is 0 Å². The summed E-state index contributed by atoms with van der Waals surface area (Å²) < 4.78 is 5.40. The van der Waals surface area contributed by atoms with Crippen LogP contribution in [0.5, 0.6) is 5.75 Å². The third-order valence-electron chi connectivity index (χ3n) is 4.57. The normalized spacial score (nSPS) is 19.3. The number of anilines is 1. The fraction of sp³-hybridized carbons (Fsp3) is 0.500. The van der Waals surface area contributed by atoms with Crippen molar-refractivity contribution < 1.29 is 4.74 Å². The molecular formula is C18H25N3O. The van der Waals surface area contributed by atoms with Crippen LogP contribution >= 0.6 is 0 Å². The van der Waals surface area contributed by atoms with Gasteiger partial charge in [-0.15, -0.1) is 0 Å². The van der Waals surface area contributed by atoms with E-state index in [2.05, 4.69) is 28.2 Å². The van der Waals surface area contributed by atoms with Crippen LogP contribution in [0.2, 0.25) is 0 Å². The van der Waals surface area contributed by atoms with Gasteiger partial charge in [-0.25, -0.2) is 0 Å². The maximum Gasteiger partial charge on any atom is 0.121 e. The number of fused-ring (bicyclic) bond motifs is 1. The minimum atomic E-state index is 0.704. The fourth-order valence-corrected chi connectivity index (χ4v) is 3.24. The third-order valence-corrected chi connectivity index (χ3v) is 4.57. The van der Waals surface area contributed by atoms with Gasteiger partial charge in [-0.05, 0) is 38.4 Å². The van der Waals surface area contributed by atoms with Crippen LogP contribution in [0.15, 0.2) is 30.5 Å². The molecule has 1 aromatic heterocycles. The molecule has 2 heterocycles. The molecule has 0 bridgehead atoms. The molecule has 1 aromatic carbocycles. The lowest BCUT2D eigenvalue weighted by Gasteiger charge is -2.33. The molecule has 3 rings (SSSR count). The number of nitrogens with one attached hydrogen (secondary N) is 1. The van der Waals surface area contributed by atoms with Crippen molar-refractivity contribution in [1.82, 2.24) is 9.88 Å². The van der Waals surface area contributed by atoms with Gasteiger partial charge in [0.25, 0.3) is 0 Å². The van der Waals surface area contributed by atoms with Crippen LogP contribution in [-0.2, 0) is 0 Å². The molecule has 1 N–H and O–H groups in total. The summed E-state index contributed by atoms with van der Waals surface area (Å²) in [7, 11) is 1.71. The van der Waals surface area contributed by atoms with Gasteiger partial charge in [0.2, 0.25) is 0 Å². The van der Waals surface area contributed by atoms with Gasteiger partial charge in [-0.1, -0.05) is 12.5 Å². The van der Waals surface area contributed by atoms with E-state index < -0.39 is 0 Å². The Hall–Kier alpha value is -1.81. The van der Waals surface area contributed by atoms with Crippen molar-refractivity contribution >= 4 is 16.6 Å². The van der Waals surface area contributed by atoms with Crippen LogP contribution < -0.4 is 10.1 Å². The summed E-state index contributed by atoms with van der Waals surface area (Å²) in [6.07, 6.45) is 5.86. The Morgan fingerprint density at radius 1 is 1.36 bits per heavy atom. The molecule has 1 aliphatic heterocycles. The Morgan fingerprint density at radius 2 is 2.27 bits per heavy atom. The Bertz CT molecular complexity index is 629. The van der Waals surface area contributed by atoms with Crippen molar-refractivity contribution in [3.05, 3.63) is 30.5 Å². The highest BCUT2D eigenvalue weighted by Crippen LogP contribution is 2.27. The summed E-state index contributed by atoms with van der Waals surface area (Å²) in [6, 6.07) is 8.80. The summed E-state index contributed by atoms with van der Waals surface area (Å²) in [4.78, 5) is 7.08. The molecule has 2 aromatic rings. The van der Waals surface area contributed by atoms with Gasteiger partial charge >= 0.3 is 0 Å². The van der Waals surface area contributed by atoms with Crippen LogP contribution in [0.3, 0.4) is 0 Å². The number of hydrogen-bond acceptors (Lipinski definition) is 4. The number of likely N-dealkylation sites (tertiary alicyclic amines) is 1. The molecule has 4 nitrogen and oxygen atoms in total. The SMILES string of the molecule is COc1cc(NCCN2CCCCC2C)c2ncccc2c1. The number of piperidine rings is 1. The summed E-state index contributed by atoms with van der Waals surface area (Å²) in [6.45, 7) is 5.57. The highest BCUT2D eigenvalue weighted by Gasteiger charge is 2.17. The monoisotopic (exact) mass is 299 g/mol. The van der Waals surface area contributed by atoms with Gasteiger partial charge in [0.1, 0.15) is 5.75 Å². The van der Waals surface area contributed by atoms with Crippen molar-refractivity contribution in [2.45, 2.75) is 32.2 Å². The number of hydrogen-bond donors (Lipinski definition) is 1. The molecule has 0 spiro atoms. The zero-order valence-corrected chi connectivity index (χ0v) is 13.5. The lowest BCUT2D eigenvalue weighted by molar-refractivity contribution is 0.167. The number of pyridine rings is 1. The summed E-state index contributed by atoms with van der Waals surface area (Å²) >= 11 is 0. The quantitative estimate of drug-likeness (QED) is 0.916. The molecule has 1 unspecified atom stereocenters. The molecule has 1 saturated heterocycles. The minimum absolute atomic E-state index is 0.704. The molecule has 0 saturated carbocycles. The number of rotatable bonds is 5. The van der Waals surface area contributed by atoms with E-state index in [1.807, 2.05) is 24.4 Å². The largest absolute Gasteiger partial charge is 0.497 e. The number of benzene rings is 1. The van der Waals surface area contributed by atoms with Gasteiger partial charge in [-0.3, -0.25) is 9.88 Å². The average molecular weight is 299 g/mol. The lowest BCUT2D eigenvalue weighted by Crippen LogP contribution is -2.40. The van der Waals surface area contributed by atoms with E-state index in [0.717, 1.165) is 35.4 Å². The first-order valence-corrected chi connectivity index (χ1v) is 8.18. The molecule has 1 atom stereocenters. The van der Waals surface area contributed by atoms with E-state index in [0.29, 0.717) is 6.04 Å². The first kappa shape index (κ1) is 15.1. The maximum atomic E-state index is 5.40. The topological polar surface area (TPSA) is 37.4 Å². The Kier molecular flexibility index (Phi) is 4.78. The first-order valence-electron chi connectivity index (χ1n) is 8.18. The Labute approximate surface area is 132 Å². The van der Waals surface area contributed by atoms with Crippen molar-refractivity contribution in [3.63, 3.8) is 0 Å². The van der Waals surface area contributed by atoms with E-state index in [1.165, 1.54) is 25.8 Å². The highest BCUT2D eigenvalue weighted by atomic mass is 16.5. The van der Waals surface area contributed by atoms with Crippen LogP contribution in [0, 0.1) is 0 Å². The molecule has 1 fully saturated rings. The maximum absolute atomic E-state index is 5.40. The zero-order chi connectivity index (χ0) is 15.4. The first-order chi connectivity index (χ1) is 10.8. The number of aromatic nitrogens is 1. The summed E-state index contributed by atoms with van der Waals surface area (Å²) in [5, 5.41) is 4.65. The standard InChI is InChI=1S/C18H25N3O/c1-14-6-3-4-10-21(14)11-9-19-17-13-16(22-2)12-15-7-5-8-20-18(15)17/h5,7-8,12-14,19H,3-4,6,9-11H2,1-2H3. The molecule has 0 aliphatic carbocycles. The van der Waals surface area contributed by atoms with Gasteiger partial charge in [0.05, 0.1) is 18.3 Å². The minimum Gasteiger partial charge on any atom is -0.497 e. The second kappa shape index (κ2) is 6.97. The Morgan fingerprint density at radius 3 is 3.09 bits per heavy atom. The van der Waals surface area contributed by atoms with E-state index in [4.69, 9.17) is 4.74 Å². The van der Waals surface area contributed by atoms with Crippen molar-refractivity contribution in [2.24, 2.45) is 0 Å². The molecule has 0 amide bonds. The number of ether oxygens (including phenoxy) is 1. The van der Waals surface area contributed by atoms with Crippen molar-refractivity contribution in [3.8, 4) is 5.75 Å². The second-order valence-corrected chi connectivity index (χ2v) is 6.06. The van der Waals surface area contributed by atoms with Gasteiger partial charge in [0, 0.05) is 36.8 Å². The number of nitrogens with zero attached hydrogens (tertiary/aromatic N) is 2. The fourth-order valence-electron chi connectivity index (χ4n) is 3.24. The van der Waals surface area contributed by atoms with E-state index in [9.17, 15) is 0 Å². The molecule has 4 heteroatoms. The van der Waals surface area contributed by atoms with Crippen LogP contribution in [-0.4, -0.2) is 42.7 Å². The number of methoxy groups -OCH3 is 1. The van der Waals surface area contributed by atoms with Gasteiger partial charge < -0.3 is 10.1 Å². The average Bonchev–Trinajstić information content (AvgIpc) is 2.56. The van der Waals surface area contributed by atoms with Crippen LogP contribution in [0.25, 0.3) is 10.9 Å². The van der Waals surface area contributed by atoms with Crippen LogP contribution in [0.1, 0.15) is 26.2 Å². The molecule has 118 valence electrons. The Balaban J connectivity index is 1.70. The third kappa shape index (κ3) is 3.33. The van der Waals surface area contributed by atoms with Gasteiger partial charge in [-0.2, -0.15) is 0 Å². The van der Waals surface area contributed by atoms with Gasteiger partial charge in [0.15, 0.2) is 0 Å². The zero-order valence-electron chi connectivity index (χ0n) is 13.5. The van der Waals surface area contributed by atoms with Crippen molar-refractivity contribution in [1.29, 1.82) is 0 Å². The molecular weight excluding hydrogens is 274 g/mol. The predicted molar refractivity (Wildman–Crippen MR) is 91.7 cm³/mol. The van der Waals surface area contributed by atoms with Crippen molar-refractivity contribution in [2.75, 3.05) is 32.1 Å². The second-order valence-electron chi connectivity index (χ2n) is 6.06.